The van der Waals surface area contributed by atoms with E-state index in [-0.39, 0.29) is 6.61 Å². The maximum atomic E-state index is 8.97. The van der Waals surface area contributed by atoms with Gasteiger partial charge in [0.05, 0.1) is 18.8 Å². The van der Waals surface area contributed by atoms with Crippen molar-refractivity contribution < 1.29 is 5.11 Å². The third-order valence-corrected chi connectivity index (χ3v) is 3.26. The predicted molar refractivity (Wildman–Crippen MR) is 64.5 cm³/mol. The summed E-state index contributed by atoms with van der Waals surface area (Å²) >= 11 is 0. The van der Waals surface area contributed by atoms with Gasteiger partial charge in [-0.25, -0.2) is 4.68 Å². The molecule has 0 aliphatic heterocycles. The lowest BCUT2D eigenvalue weighted by Gasteiger charge is -2.14. The molecule has 2 atom stereocenters. The van der Waals surface area contributed by atoms with E-state index < -0.39 is 0 Å². The first kappa shape index (κ1) is 11.5. The Hall–Kier alpha value is -1.03. The Kier molecular flexibility index (Phi) is 3.49. The van der Waals surface area contributed by atoms with Gasteiger partial charge >= 0.3 is 0 Å². The summed E-state index contributed by atoms with van der Waals surface area (Å²) < 4.78 is 1.86. The summed E-state index contributed by atoms with van der Waals surface area (Å²) in [5.41, 5.74) is 1.00. The number of hydrogen-bond acceptors (Lipinski definition) is 3. The number of hydrogen-bond donors (Lipinski definition) is 2. The van der Waals surface area contributed by atoms with Crippen LogP contribution >= 0.6 is 0 Å². The van der Waals surface area contributed by atoms with Crippen molar-refractivity contribution in [2.45, 2.75) is 45.7 Å². The van der Waals surface area contributed by atoms with Gasteiger partial charge in [0.1, 0.15) is 5.82 Å². The van der Waals surface area contributed by atoms with Gasteiger partial charge in [0.15, 0.2) is 0 Å². The van der Waals surface area contributed by atoms with Gasteiger partial charge in [0.25, 0.3) is 0 Å². The van der Waals surface area contributed by atoms with Crippen molar-refractivity contribution in [3.63, 3.8) is 0 Å². The fraction of sp³-hybridized carbons (Fsp3) is 0.750. The van der Waals surface area contributed by atoms with E-state index >= 15 is 0 Å². The number of rotatable bonds is 4. The van der Waals surface area contributed by atoms with Crippen LogP contribution in [0.2, 0.25) is 0 Å². The molecule has 0 bridgehead atoms. The Morgan fingerprint density at radius 2 is 2.38 bits per heavy atom. The summed E-state index contributed by atoms with van der Waals surface area (Å²) in [6, 6.07) is 2.63. The number of aliphatic hydroxyl groups is 1. The molecule has 4 heteroatoms. The van der Waals surface area contributed by atoms with Crippen LogP contribution in [-0.2, 0) is 6.54 Å². The number of aryl methyl sites for hydroxylation is 1. The quantitative estimate of drug-likeness (QED) is 0.818. The second kappa shape index (κ2) is 4.87. The highest BCUT2D eigenvalue weighted by atomic mass is 16.3. The Labute approximate surface area is 96.7 Å². The first-order chi connectivity index (χ1) is 7.69. The van der Waals surface area contributed by atoms with Gasteiger partial charge < -0.3 is 10.4 Å². The van der Waals surface area contributed by atoms with E-state index in [1.807, 2.05) is 11.6 Å². The van der Waals surface area contributed by atoms with Crippen molar-refractivity contribution in [3.8, 4) is 0 Å². The molecule has 90 valence electrons. The molecule has 4 nitrogen and oxygen atoms in total. The Balaban J connectivity index is 2.02. The summed E-state index contributed by atoms with van der Waals surface area (Å²) in [7, 11) is 0. The highest BCUT2D eigenvalue weighted by Crippen LogP contribution is 2.27. The summed E-state index contributed by atoms with van der Waals surface area (Å²) in [6.45, 7) is 4.99. The van der Waals surface area contributed by atoms with Gasteiger partial charge in [0, 0.05) is 12.1 Å². The molecule has 1 aliphatic rings. The van der Waals surface area contributed by atoms with E-state index in [4.69, 9.17) is 5.11 Å². The molecule has 1 heterocycles. The Morgan fingerprint density at radius 3 is 3.00 bits per heavy atom. The van der Waals surface area contributed by atoms with Crippen LogP contribution in [0.15, 0.2) is 6.07 Å². The highest BCUT2D eigenvalue weighted by molar-refractivity contribution is 5.38. The lowest BCUT2D eigenvalue weighted by Crippen LogP contribution is -2.19. The fourth-order valence-corrected chi connectivity index (χ4v) is 2.47. The molecular weight excluding hydrogens is 202 g/mol. The minimum atomic E-state index is 0.136. The van der Waals surface area contributed by atoms with E-state index in [0.717, 1.165) is 17.4 Å². The van der Waals surface area contributed by atoms with Gasteiger partial charge in [0.2, 0.25) is 0 Å². The molecule has 0 amide bonds. The van der Waals surface area contributed by atoms with Gasteiger partial charge in [-0.1, -0.05) is 6.92 Å². The van der Waals surface area contributed by atoms with E-state index in [1.165, 1.54) is 19.3 Å². The molecule has 1 saturated carbocycles. The van der Waals surface area contributed by atoms with Crippen molar-refractivity contribution in [1.82, 2.24) is 9.78 Å². The van der Waals surface area contributed by atoms with Crippen molar-refractivity contribution >= 4 is 5.82 Å². The number of nitrogens with zero attached hydrogens (tertiary/aromatic N) is 2. The van der Waals surface area contributed by atoms with Crippen molar-refractivity contribution in [2.75, 3.05) is 11.9 Å². The summed E-state index contributed by atoms with van der Waals surface area (Å²) in [5.74, 6) is 1.87. The lowest BCUT2D eigenvalue weighted by atomic mass is 10.1. The first-order valence-electron chi connectivity index (χ1n) is 6.11. The number of aliphatic hydroxyl groups excluding tert-OH is 1. The molecule has 0 aromatic carbocycles. The molecule has 1 fully saturated rings. The Bertz CT molecular complexity index is 348. The molecule has 2 rings (SSSR count). The fourth-order valence-electron chi connectivity index (χ4n) is 2.47. The highest BCUT2D eigenvalue weighted by Gasteiger charge is 2.22. The molecular formula is C12H21N3O. The molecule has 1 aromatic heterocycles. The van der Waals surface area contributed by atoms with Crippen LogP contribution in [-0.4, -0.2) is 27.5 Å². The second-order valence-corrected chi connectivity index (χ2v) is 4.88. The second-order valence-electron chi connectivity index (χ2n) is 4.88. The Morgan fingerprint density at radius 1 is 1.56 bits per heavy atom. The molecule has 2 unspecified atom stereocenters. The average molecular weight is 223 g/mol. The largest absolute Gasteiger partial charge is 0.394 e. The van der Waals surface area contributed by atoms with E-state index in [0.29, 0.717) is 12.6 Å². The van der Waals surface area contributed by atoms with Crippen LogP contribution in [0, 0.1) is 12.8 Å². The summed E-state index contributed by atoms with van der Waals surface area (Å²) in [6.07, 6.45) is 3.79. The van der Waals surface area contributed by atoms with Crippen molar-refractivity contribution in [2.24, 2.45) is 5.92 Å². The zero-order chi connectivity index (χ0) is 11.5. The topological polar surface area (TPSA) is 50.1 Å². The molecule has 16 heavy (non-hydrogen) atoms. The van der Waals surface area contributed by atoms with Crippen LogP contribution < -0.4 is 5.32 Å². The minimum absolute atomic E-state index is 0.136. The molecule has 0 spiro atoms. The van der Waals surface area contributed by atoms with Crippen molar-refractivity contribution in [1.29, 1.82) is 0 Å². The number of nitrogens with one attached hydrogen (secondary N) is 1. The van der Waals surface area contributed by atoms with E-state index in [9.17, 15) is 0 Å². The maximum absolute atomic E-state index is 8.97. The third kappa shape index (κ3) is 2.55. The predicted octanol–water partition coefficient (Wildman–Crippen LogP) is 1.78. The maximum Gasteiger partial charge on any atom is 0.124 e. The van der Waals surface area contributed by atoms with Crippen LogP contribution in [0.3, 0.4) is 0 Å². The van der Waals surface area contributed by atoms with Crippen LogP contribution in [0.1, 0.15) is 31.9 Å². The van der Waals surface area contributed by atoms with Gasteiger partial charge in [-0.15, -0.1) is 0 Å². The van der Waals surface area contributed by atoms with Crippen molar-refractivity contribution in [3.05, 3.63) is 11.8 Å². The average Bonchev–Trinajstić information content (AvgIpc) is 2.76. The molecule has 2 N–H and O–H groups in total. The molecule has 0 radical (unpaired) electrons. The van der Waals surface area contributed by atoms with Crippen LogP contribution in [0.4, 0.5) is 5.82 Å². The lowest BCUT2D eigenvalue weighted by molar-refractivity contribution is 0.270. The zero-order valence-electron chi connectivity index (χ0n) is 10.1. The number of aromatic nitrogens is 2. The smallest absolute Gasteiger partial charge is 0.124 e. The molecule has 1 aromatic rings. The summed E-state index contributed by atoms with van der Waals surface area (Å²) in [5, 5.41) is 16.9. The SMILES string of the molecule is Cc1cc(NC2CCC(C)C2)n(CCO)n1. The minimum Gasteiger partial charge on any atom is -0.394 e. The van der Waals surface area contributed by atoms with Gasteiger partial charge in [-0.2, -0.15) is 5.10 Å². The van der Waals surface area contributed by atoms with Crippen LogP contribution in [0.5, 0.6) is 0 Å². The normalized spacial score (nSPS) is 24.9. The zero-order valence-corrected chi connectivity index (χ0v) is 10.1. The summed E-state index contributed by atoms with van der Waals surface area (Å²) in [4.78, 5) is 0. The van der Waals surface area contributed by atoms with Gasteiger partial charge in [-0.05, 0) is 32.1 Å². The monoisotopic (exact) mass is 223 g/mol. The third-order valence-electron chi connectivity index (χ3n) is 3.26. The number of anilines is 1. The molecule has 0 saturated heterocycles. The van der Waals surface area contributed by atoms with Gasteiger partial charge in [-0.3, -0.25) is 0 Å². The van der Waals surface area contributed by atoms with E-state index in [2.05, 4.69) is 23.4 Å². The molecule has 1 aliphatic carbocycles. The standard InChI is InChI=1S/C12H21N3O/c1-9-3-4-11(7-9)13-12-8-10(2)14-15(12)5-6-16/h8-9,11,13,16H,3-7H2,1-2H3. The first-order valence-corrected chi connectivity index (χ1v) is 6.11. The van der Waals surface area contributed by atoms with Crippen LogP contribution in [0.25, 0.3) is 0 Å². The van der Waals surface area contributed by atoms with E-state index in [1.54, 1.807) is 0 Å².